The predicted octanol–water partition coefficient (Wildman–Crippen LogP) is 1.32. The number of aromatic hydroxyl groups is 1. The molecule has 19 heavy (non-hydrogen) atoms. The van der Waals surface area contributed by atoms with Crippen molar-refractivity contribution in [2.45, 2.75) is 12.5 Å². The zero-order valence-electron chi connectivity index (χ0n) is 9.91. The standard InChI is InChI=1S/C12H10Cl2N2O3/c1-16-7(17)3-2-5-4-6(13)11(18)9(14)8(5)10(16)12(15)19/h4,10,18H,2H2,1H3,(H2,15,19). The lowest BCUT2D eigenvalue weighted by molar-refractivity contribution is -0.135. The summed E-state index contributed by atoms with van der Waals surface area (Å²) in [7, 11) is 1.42. The van der Waals surface area contributed by atoms with Gasteiger partial charge in [0, 0.05) is 12.6 Å². The quantitative estimate of drug-likeness (QED) is 0.820. The normalized spacial score (nSPS) is 19.0. The lowest BCUT2D eigenvalue weighted by atomic mass is 9.97. The second kappa shape index (κ2) is 4.90. The molecule has 2 radical (unpaired) electrons. The number of hydrogen-bond donors (Lipinski definition) is 2. The predicted molar refractivity (Wildman–Crippen MR) is 69.8 cm³/mol. The Morgan fingerprint density at radius 3 is 2.79 bits per heavy atom. The van der Waals surface area contributed by atoms with Crippen LogP contribution < -0.4 is 5.73 Å². The molecule has 1 aromatic carbocycles. The Labute approximate surface area is 119 Å². The van der Waals surface area contributed by atoms with E-state index >= 15 is 0 Å². The molecule has 5 nitrogen and oxygen atoms in total. The summed E-state index contributed by atoms with van der Waals surface area (Å²) in [4.78, 5) is 24.5. The Kier molecular flexibility index (Phi) is 3.60. The molecule has 1 aromatic rings. The summed E-state index contributed by atoms with van der Waals surface area (Å²) in [5, 5.41) is 9.74. The number of nitrogens with zero attached hydrogens (tertiary/aromatic N) is 1. The largest absolute Gasteiger partial charge is 0.505 e. The highest BCUT2D eigenvalue weighted by atomic mass is 35.5. The third kappa shape index (κ3) is 2.24. The van der Waals surface area contributed by atoms with Crippen molar-refractivity contribution in [3.05, 3.63) is 33.7 Å². The maximum absolute atomic E-state index is 11.7. The molecule has 1 aliphatic rings. The summed E-state index contributed by atoms with van der Waals surface area (Å²) in [5.74, 6) is -1.55. The molecule has 0 aromatic heterocycles. The molecule has 2 rings (SSSR count). The van der Waals surface area contributed by atoms with E-state index < -0.39 is 17.9 Å². The SMILES string of the molecule is CN1C(=O)[C]Cc2cc(Cl)c(O)c(Cl)c2C1C(N)=O. The summed E-state index contributed by atoms with van der Waals surface area (Å²) in [6.07, 6.45) is 2.73. The zero-order chi connectivity index (χ0) is 14.3. The van der Waals surface area contributed by atoms with Crippen LogP contribution >= 0.6 is 23.2 Å². The molecule has 7 heteroatoms. The summed E-state index contributed by atoms with van der Waals surface area (Å²) >= 11 is 11.9. The van der Waals surface area contributed by atoms with Crippen molar-refractivity contribution in [2.75, 3.05) is 7.05 Å². The average molecular weight is 301 g/mol. The fraction of sp³-hybridized carbons (Fsp3) is 0.250. The third-order valence-corrected chi connectivity index (χ3v) is 3.67. The first-order valence-electron chi connectivity index (χ1n) is 5.34. The molecular weight excluding hydrogens is 291 g/mol. The summed E-state index contributed by atoms with van der Waals surface area (Å²) < 4.78 is 0. The van der Waals surface area contributed by atoms with Crippen molar-refractivity contribution in [3.8, 4) is 5.75 Å². The number of halogens is 2. The van der Waals surface area contributed by atoms with E-state index in [4.69, 9.17) is 28.9 Å². The van der Waals surface area contributed by atoms with E-state index in [1.807, 2.05) is 0 Å². The van der Waals surface area contributed by atoms with Crippen LogP contribution in [0, 0.1) is 6.42 Å². The lowest BCUT2D eigenvalue weighted by Crippen LogP contribution is -2.38. The van der Waals surface area contributed by atoms with Crippen LogP contribution in [0.2, 0.25) is 10.0 Å². The summed E-state index contributed by atoms with van der Waals surface area (Å²) in [6.45, 7) is 0. The van der Waals surface area contributed by atoms with Gasteiger partial charge in [0.2, 0.25) is 11.8 Å². The highest BCUT2D eigenvalue weighted by molar-refractivity contribution is 6.38. The minimum absolute atomic E-state index is 0.0470. The monoisotopic (exact) mass is 300 g/mol. The number of carbonyl (C=O) groups is 2. The fourth-order valence-corrected chi connectivity index (χ4v) is 2.65. The molecule has 0 saturated carbocycles. The van der Waals surface area contributed by atoms with Gasteiger partial charge in [-0.2, -0.15) is 0 Å². The Bertz CT molecular complexity index is 575. The van der Waals surface area contributed by atoms with Crippen LogP contribution in [-0.2, 0) is 16.0 Å². The van der Waals surface area contributed by atoms with E-state index in [2.05, 4.69) is 6.42 Å². The van der Waals surface area contributed by atoms with Gasteiger partial charge in [0.05, 0.1) is 16.5 Å². The van der Waals surface area contributed by atoms with Crippen LogP contribution in [0.5, 0.6) is 5.75 Å². The van der Waals surface area contributed by atoms with Crippen molar-refractivity contribution < 1.29 is 14.7 Å². The Morgan fingerprint density at radius 2 is 2.21 bits per heavy atom. The van der Waals surface area contributed by atoms with E-state index in [1.54, 1.807) is 0 Å². The molecule has 0 fully saturated rings. The van der Waals surface area contributed by atoms with Gasteiger partial charge in [-0.3, -0.25) is 9.59 Å². The summed E-state index contributed by atoms with van der Waals surface area (Å²) in [6, 6.07) is 0.390. The van der Waals surface area contributed by atoms with E-state index in [1.165, 1.54) is 13.1 Å². The minimum Gasteiger partial charge on any atom is -0.505 e. The van der Waals surface area contributed by atoms with E-state index in [0.29, 0.717) is 5.56 Å². The van der Waals surface area contributed by atoms with E-state index in [0.717, 1.165) is 4.90 Å². The second-order valence-electron chi connectivity index (χ2n) is 4.17. The average Bonchev–Trinajstić information content (AvgIpc) is 2.46. The number of rotatable bonds is 1. The molecule has 1 unspecified atom stereocenters. The Morgan fingerprint density at radius 1 is 1.58 bits per heavy atom. The van der Waals surface area contributed by atoms with Crippen LogP contribution in [0.15, 0.2) is 6.07 Å². The molecule has 0 spiro atoms. The fourth-order valence-electron chi connectivity index (χ4n) is 2.05. The zero-order valence-corrected chi connectivity index (χ0v) is 11.4. The number of benzene rings is 1. The van der Waals surface area contributed by atoms with E-state index in [-0.39, 0.29) is 27.8 Å². The number of likely N-dealkylation sites (N-methyl/N-ethyl adjacent to an activating group) is 1. The number of carbonyl (C=O) groups excluding carboxylic acids is 2. The number of phenols is 1. The van der Waals surface area contributed by atoms with Gasteiger partial charge < -0.3 is 15.7 Å². The number of hydrogen-bond acceptors (Lipinski definition) is 3. The molecular formula is C12H10Cl2N2O3. The molecule has 1 aliphatic heterocycles. The number of amides is 2. The van der Waals surface area contributed by atoms with Crippen molar-refractivity contribution in [3.63, 3.8) is 0 Å². The van der Waals surface area contributed by atoms with Gasteiger partial charge in [-0.1, -0.05) is 23.2 Å². The molecule has 1 atom stereocenters. The Balaban J connectivity index is 2.72. The van der Waals surface area contributed by atoms with Crippen molar-refractivity contribution in [1.29, 1.82) is 0 Å². The van der Waals surface area contributed by atoms with E-state index in [9.17, 15) is 14.7 Å². The first-order valence-corrected chi connectivity index (χ1v) is 6.10. The number of primary amides is 1. The van der Waals surface area contributed by atoms with Crippen LogP contribution in [0.3, 0.4) is 0 Å². The number of phenolic OH excluding ortho intramolecular Hbond substituents is 1. The first kappa shape index (κ1) is 14.0. The molecule has 1 heterocycles. The van der Waals surface area contributed by atoms with Gasteiger partial charge in [-0.05, 0) is 18.1 Å². The molecule has 3 N–H and O–H groups in total. The lowest BCUT2D eigenvalue weighted by Gasteiger charge is -2.25. The molecule has 2 amide bonds. The minimum atomic E-state index is -1.06. The smallest absolute Gasteiger partial charge is 0.244 e. The highest BCUT2D eigenvalue weighted by Gasteiger charge is 2.35. The van der Waals surface area contributed by atoms with Crippen molar-refractivity contribution in [2.24, 2.45) is 5.73 Å². The van der Waals surface area contributed by atoms with Gasteiger partial charge in [-0.15, -0.1) is 0 Å². The summed E-state index contributed by atoms with van der Waals surface area (Å²) in [5.41, 5.74) is 6.15. The molecule has 0 saturated heterocycles. The van der Waals surface area contributed by atoms with Crippen LogP contribution in [0.4, 0.5) is 0 Å². The van der Waals surface area contributed by atoms with Gasteiger partial charge in [0.15, 0.2) is 5.75 Å². The van der Waals surface area contributed by atoms with Crippen LogP contribution in [-0.4, -0.2) is 28.9 Å². The molecule has 100 valence electrons. The maximum atomic E-state index is 11.7. The van der Waals surface area contributed by atoms with Gasteiger partial charge in [0.25, 0.3) is 0 Å². The molecule has 0 aliphatic carbocycles. The second-order valence-corrected chi connectivity index (χ2v) is 4.95. The van der Waals surface area contributed by atoms with Gasteiger partial charge in [0.1, 0.15) is 6.04 Å². The van der Waals surface area contributed by atoms with Crippen LogP contribution in [0.25, 0.3) is 0 Å². The third-order valence-electron chi connectivity index (χ3n) is 3.00. The van der Waals surface area contributed by atoms with Gasteiger partial charge in [-0.25, -0.2) is 0 Å². The van der Waals surface area contributed by atoms with Crippen molar-refractivity contribution in [1.82, 2.24) is 4.90 Å². The Hall–Kier alpha value is -1.46. The highest BCUT2D eigenvalue weighted by Crippen LogP contribution is 2.42. The van der Waals surface area contributed by atoms with Crippen molar-refractivity contribution >= 4 is 35.0 Å². The van der Waals surface area contributed by atoms with Crippen LogP contribution in [0.1, 0.15) is 17.2 Å². The number of nitrogens with two attached hydrogens (primary N) is 1. The topological polar surface area (TPSA) is 83.6 Å². The maximum Gasteiger partial charge on any atom is 0.244 e. The first-order chi connectivity index (χ1) is 8.84. The molecule has 0 bridgehead atoms. The van der Waals surface area contributed by atoms with Gasteiger partial charge >= 0.3 is 0 Å². The number of fused-ring (bicyclic) bond motifs is 1.